The second-order valence-corrected chi connectivity index (χ2v) is 11.2. The molecule has 4 aromatic rings. The lowest BCUT2D eigenvalue weighted by molar-refractivity contribution is 0.102. The zero-order valence-electron chi connectivity index (χ0n) is 20.5. The largest absolute Gasteiger partial charge is 0.492 e. The van der Waals surface area contributed by atoms with E-state index in [0.717, 1.165) is 17.5 Å². The van der Waals surface area contributed by atoms with Crippen molar-refractivity contribution in [3.63, 3.8) is 0 Å². The Morgan fingerprint density at radius 1 is 0.838 bits per heavy atom. The number of ether oxygens (including phenoxy) is 1. The topological polar surface area (TPSA) is 84.5 Å². The third-order valence-electron chi connectivity index (χ3n) is 5.58. The average Bonchev–Trinajstić information content (AvgIpc) is 2.85. The number of carbonyl (C=O) groups is 1. The minimum absolute atomic E-state index is 0.101. The highest BCUT2D eigenvalue weighted by Crippen LogP contribution is 2.27. The lowest BCUT2D eigenvalue weighted by atomic mass is 10.1. The van der Waals surface area contributed by atoms with Crippen LogP contribution in [0.2, 0.25) is 0 Å². The first-order valence-electron chi connectivity index (χ1n) is 11.7. The summed E-state index contributed by atoms with van der Waals surface area (Å²) < 4.78 is 34.7. The van der Waals surface area contributed by atoms with E-state index < -0.39 is 10.0 Å². The molecule has 190 valence electrons. The zero-order valence-corrected chi connectivity index (χ0v) is 22.9. The first-order valence-corrected chi connectivity index (χ1v) is 14.0. The summed E-state index contributed by atoms with van der Waals surface area (Å²) in [5, 5.41) is 2.80. The van der Waals surface area contributed by atoms with Crippen LogP contribution >= 0.6 is 15.9 Å². The van der Waals surface area contributed by atoms with Gasteiger partial charge in [0, 0.05) is 23.4 Å². The number of halogens is 1. The molecule has 0 aliphatic rings. The number of aryl methyl sites for hydroxylation is 2. The Labute approximate surface area is 225 Å². The second-order valence-electron chi connectivity index (χ2n) is 8.69. The van der Waals surface area contributed by atoms with Crippen LogP contribution in [0.25, 0.3) is 0 Å². The molecule has 0 saturated carbocycles. The predicted molar refractivity (Wildman–Crippen MR) is 151 cm³/mol. The summed E-state index contributed by atoms with van der Waals surface area (Å²) in [4.78, 5) is 12.9. The van der Waals surface area contributed by atoms with Crippen molar-refractivity contribution in [1.82, 2.24) is 0 Å². The molecule has 6 nitrogen and oxygen atoms in total. The highest BCUT2D eigenvalue weighted by atomic mass is 79.9. The summed E-state index contributed by atoms with van der Waals surface area (Å²) in [7, 11) is -3.76. The van der Waals surface area contributed by atoms with Crippen LogP contribution in [0.15, 0.2) is 100 Å². The van der Waals surface area contributed by atoms with Crippen molar-refractivity contribution < 1.29 is 17.9 Å². The molecule has 0 saturated heterocycles. The van der Waals surface area contributed by atoms with Gasteiger partial charge in [0.1, 0.15) is 5.75 Å². The molecule has 2 N–H and O–H groups in total. The van der Waals surface area contributed by atoms with Crippen LogP contribution in [0.3, 0.4) is 0 Å². The van der Waals surface area contributed by atoms with Crippen LogP contribution < -0.4 is 14.8 Å². The SMILES string of the molecule is Cc1cc(C)cc(NS(=O)(=O)c2ccc(NC(=O)c3ccc(OCCc4ccccc4)c(Br)c3)cc2)c1. The Kier molecular flexibility index (Phi) is 8.31. The Morgan fingerprint density at radius 3 is 2.16 bits per heavy atom. The van der Waals surface area contributed by atoms with E-state index in [2.05, 4.69) is 38.1 Å². The van der Waals surface area contributed by atoms with Crippen molar-refractivity contribution in [1.29, 1.82) is 0 Å². The molecule has 0 atom stereocenters. The number of hydrogen-bond acceptors (Lipinski definition) is 4. The van der Waals surface area contributed by atoms with Crippen LogP contribution in [0.5, 0.6) is 5.75 Å². The quantitative estimate of drug-likeness (QED) is 0.230. The fourth-order valence-electron chi connectivity index (χ4n) is 3.85. The van der Waals surface area contributed by atoms with Crippen molar-refractivity contribution in [2.24, 2.45) is 0 Å². The Hall–Kier alpha value is -3.62. The van der Waals surface area contributed by atoms with Crippen LogP contribution in [0, 0.1) is 13.8 Å². The number of anilines is 2. The van der Waals surface area contributed by atoms with Gasteiger partial charge in [0.15, 0.2) is 0 Å². The van der Waals surface area contributed by atoms with Gasteiger partial charge in [-0.1, -0.05) is 36.4 Å². The van der Waals surface area contributed by atoms with Gasteiger partial charge in [0.2, 0.25) is 0 Å². The van der Waals surface area contributed by atoms with Gasteiger partial charge in [-0.3, -0.25) is 9.52 Å². The average molecular weight is 580 g/mol. The van der Waals surface area contributed by atoms with E-state index in [1.54, 1.807) is 42.5 Å². The molecule has 0 aliphatic heterocycles. The molecule has 0 aliphatic carbocycles. The number of nitrogens with one attached hydrogen (secondary N) is 2. The number of hydrogen-bond donors (Lipinski definition) is 2. The normalized spacial score (nSPS) is 11.1. The van der Waals surface area contributed by atoms with Crippen molar-refractivity contribution >= 4 is 43.2 Å². The molecule has 0 unspecified atom stereocenters. The van der Waals surface area contributed by atoms with Crippen molar-refractivity contribution in [3.8, 4) is 5.75 Å². The van der Waals surface area contributed by atoms with E-state index in [0.29, 0.717) is 33.8 Å². The summed E-state index contributed by atoms with van der Waals surface area (Å²) in [5.41, 5.74) is 4.55. The molecule has 4 aromatic carbocycles. The third kappa shape index (κ3) is 7.21. The fraction of sp³-hybridized carbons (Fsp3) is 0.138. The van der Waals surface area contributed by atoms with Gasteiger partial charge in [-0.25, -0.2) is 8.42 Å². The van der Waals surface area contributed by atoms with Crippen molar-refractivity contribution in [2.75, 3.05) is 16.6 Å². The van der Waals surface area contributed by atoms with Crippen molar-refractivity contribution in [3.05, 3.63) is 118 Å². The Bertz CT molecular complexity index is 1480. The number of amides is 1. The number of rotatable bonds is 9. The first kappa shape index (κ1) is 26.4. The van der Waals surface area contributed by atoms with Gasteiger partial charge in [-0.15, -0.1) is 0 Å². The highest BCUT2D eigenvalue weighted by molar-refractivity contribution is 9.10. The van der Waals surface area contributed by atoms with E-state index in [4.69, 9.17) is 4.74 Å². The summed E-state index contributed by atoms with van der Waals surface area (Å²) >= 11 is 3.48. The lowest BCUT2D eigenvalue weighted by Crippen LogP contribution is -2.14. The summed E-state index contributed by atoms with van der Waals surface area (Å²) in [6.07, 6.45) is 0.779. The van der Waals surface area contributed by atoms with Gasteiger partial charge < -0.3 is 10.1 Å². The number of sulfonamides is 1. The van der Waals surface area contributed by atoms with Gasteiger partial charge in [-0.05, 0) is 101 Å². The Morgan fingerprint density at radius 2 is 1.51 bits per heavy atom. The monoisotopic (exact) mass is 578 g/mol. The van der Waals surface area contributed by atoms with Gasteiger partial charge in [0.25, 0.3) is 15.9 Å². The molecule has 8 heteroatoms. The maximum Gasteiger partial charge on any atom is 0.261 e. The van der Waals surface area contributed by atoms with Crippen LogP contribution in [0.4, 0.5) is 11.4 Å². The third-order valence-corrected chi connectivity index (χ3v) is 7.60. The van der Waals surface area contributed by atoms with E-state index in [1.165, 1.54) is 17.7 Å². The molecular weight excluding hydrogens is 552 g/mol. The molecular formula is C29H27BrN2O4S. The van der Waals surface area contributed by atoms with Gasteiger partial charge >= 0.3 is 0 Å². The van der Waals surface area contributed by atoms with Crippen molar-refractivity contribution in [2.45, 2.75) is 25.2 Å². The molecule has 1 amide bonds. The fourth-order valence-corrected chi connectivity index (χ4v) is 5.38. The smallest absolute Gasteiger partial charge is 0.261 e. The highest BCUT2D eigenvalue weighted by Gasteiger charge is 2.15. The van der Waals surface area contributed by atoms with Crippen LogP contribution in [-0.2, 0) is 16.4 Å². The van der Waals surface area contributed by atoms with E-state index in [1.807, 2.05) is 38.1 Å². The Balaban J connectivity index is 1.36. The van der Waals surface area contributed by atoms with Gasteiger partial charge in [0.05, 0.1) is 16.0 Å². The first-order chi connectivity index (χ1) is 17.7. The zero-order chi connectivity index (χ0) is 26.4. The molecule has 0 heterocycles. The second kappa shape index (κ2) is 11.6. The van der Waals surface area contributed by atoms with Gasteiger partial charge in [-0.2, -0.15) is 0 Å². The predicted octanol–water partition coefficient (Wildman–Crippen LogP) is 6.74. The summed E-state index contributed by atoms with van der Waals surface area (Å²) in [5.74, 6) is 0.332. The summed E-state index contributed by atoms with van der Waals surface area (Å²) in [6.45, 7) is 4.34. The molecule has 0 fully saturated rings. The molecule has 0 aromatic heterocycles. The maximum absolute atomic E-state index is 12.8. The van der Waals surface area contributed by atoms with E-state index in [-0.39, 0.29) is 10.8 Å². The minimum Gasteiger partial charge on any atom is -0.492 e. The molecule has 0 bridgehead atoms. The standard InChI is InChI=1S/C29H27BrN2O4S/c1-20-16-21(2)18-25(17-20)32-37(34,35)26-11-9-24(10-12-26)31-29(33)23-8-13-28(27(30)19-23)36-15-14-22-6-4-3-5-7-22/h3-13,16-19,32H,14-15H2,1-2H3,(H,31,33). The lowest BCUT2D eigenvalue weighted by Gasteiger charge is -2.12. The molecule has 0 spiro atoms. The minimum atomic E-state index is -3.76. The maximum atomic E-state index is 12.8. The number of benzene rings is 4. The van der Waals surface area contributed by atoms with Crippen LogP contribution in [0.1, 0.15) is 27.0 Å². The molecule has 0 radical (unpaired) electrons. The summed E-state index contributed by atoms with van der Waals surface area (Å²) in [6, 6.07) is 26.8. The van der Waals surface area contributed by atoms with E-state index in [9.17, 15) is 13.2 Å². The molecule has 4 rings (SSSR count). The number of carbonyl (C=O) groups excluding carboxylic acids is 1. The molecule has 37 heavy (non-hydrogen) atoms. The van der Waals surface area contributed by atoms with E-state index >= 15 is 0 Å². The van der Waals surface area contributed by atoms with Crippen LogP contribution in [-0.4, -0.2) is 20.9 Å².